The van der Waals surface area contributed by atoms with Crippen LogP contribution in [-0.4, -0.2) is 22.0 Å². The topological polar surface area (TPSA) is 101 Å². The van der Waals surface area contributed by atoms with Crippen LogP contribution < -0.4 is 11.1 Å². The number of nitrogens with two attached hydrogens (primary N) is 1. The molecule has 6 heteroatoms. The van der Waals surface area contributed by atoms with Gasteiger partial charge in [0.1, 0.15) is 0 Å². The molecule has 4 N–H and O–H groups in total. The van der Waals surface area contributed by atoms with Crippen molar-refractivity contribution in [3.63, 3.8) is 0 Å². The number of H-pyrrole nitrogens is 1. The van der Waals surface area contributed by atoms with Gasteiger partial charge in [-0.2, -0.15) is 5.10 Å². The van der Waals surface area contributed by atoms with Gasteiger partial charge in [-0.05, 0) is 24.3 Å². The first kappa shape index (κ1) is 11.8. The first-order valence-corrected chi connectivity index (χ1v) is 5.32. The van der Waals surface area contributed by atoms with Crippen molar-refractivity contribution < 1.29 is 9.59 Å². The molecule has 0 aliphatic carbocycles. The van der Waals surface area contributed by atoms with Crippen molar-refractivity contribution in [2.45, 2.75) is 6.54 Å². The van der Waals surface area contributed by atoms with Gasteiger partial charge in [-0.1, -0.05) is 0 Å². The van der Waals surface area contributed by atoms with Crippen molar-refractivity contribution in [3.8, 4) is 0 Å². The van der Waals surface area contributed by atoms with Crippen LogP contribution in [0.5, 0.6) is 0 Å². The van der Waals surface area contributed by atoms with E-state index in [2.05, 4.69) is 15.5 Å². The molecule has 1 aromatic heterocycles. The summed E-state index contributed by atoms with van der Waals surface area (Å²) < 4.78 is 0. The van der Waals surface area contributed by atoms with Gasteiger partial charge in [-0.3, -0.25) is 14.7 Å². The SMILES string of the molecule is NC(=O)c1ccc(C(=O)NCc2cn[nH]c2)cc1. The van der Waals surface area contributed by atoms with E-state index in [1.807, 2.05) is 0 Å². The number of hydrogen-bond donors (Lipinski definition) is 3. The van der Waals surface area contributed by atoms with Gasteiger partial charge in [-0.15, -0.1) is 0 Å². The molecule has 0 radical (unpaired) electrons. The Morgan fingerprint density at radius 3 is 2.44 bits per heavy atom. The van der Waals surface area contributed by atoms with E-state index in [1.165, 1.54) is 12.1 Å². The molecular formula is C12H12N4O2. The molecule has 0 saturated carbocycles. The van der Waals surface area contributed by atoms with Crippen molar-refractivity contribution in [1.82, 2.24) is 15.5 Å². The Morgan fingerprint density at radius 1 is 1.22 bits per heavy atom. The molecule has 18 heavy (non-hydrogen) atoms. The first-order chi connectivity index (χ1) is 8.66. The fourth-order valence-electron chi connectivity index (χ4n) is 1.44. The monoisotopic (exact) mass is 244 g/mol. The van der Waals surface area contributed by atoms with E-state index in [0.29, 0.717) is 17.7 Å². The predicted octanol–water partition coefficient (Wildman–Crippen LogP) is 0.439. The fourth-order valence-corrected chi connectivity index (χ4v) is 1.44. The molecule has 0 atom stereocenters. The van der Waals surface area contributed by atoms with Crippen LogP contribution in [0.4, 0.5) is 0 Å². The summed E-state index contributed by atoms with van der Waals surface area (Å²) in [4.78, 5) is 22.6. The largest absolute Gasteiger partial charge is 0.366 e. The Morgan fingerprint density at radius 2 is 1.89 bits per heavy atom. The molecule has 0 aliphatic rings. The molecule has 0 unspecified atom stereocenters. The minimum Gasteiger partial charge on any atom is -0.366 e. The summed E-state index contributed by atoms with van der Waals surface area (Å²) in [5.74, 6) is -0.729. The number of hydrogen-bond acceptors (Lipinski definition) is 3. The molecule has 2 rings (SSSR count). The normalized spacial score (nSPS) is 10.0. The summed E-state index contributed by atoms with van der Waals surface area (Å²) in [7, 11) is 0. The quantitative estimate of drug-likeness (QED) is 0.727. The molecule has 2 aromatic rings. The number of primary amides is 1. The number of amides is 2. The van der Waals surface area contributed by atoms with Crippen LogP contribution in [0.1, 0.15) is 26.3 Å². The van der Waals surface area contributed by atoms with Gasteiger partial charge >= 0.3 is 0 Å². The Kier molecular flexibility index (Phi) is 3.38. The van der Waals surface area contributed by atoms with Crippen molar-refractivity contribution in [2.24, 2.45) is 5.73 Å². The molecular weight excluding hydrogens is 232 g/mol. The highest BCUT2D eigenvalue weighted by atomic mass is 16.2. The summed E-state index contributed by atoms with van der Waals surface area (Å²) in [6.07, 6.45) is 3.34. The van der Waals surface area contributed by atoms with Crippen molar-refractivity contribution in [2.75, 3.05) is 0 Å². The van der Waals surface area contributed by atoms with Crippen LogP contribution in [0.25, 0.3) is 0 Å². The Bertz CT molecular complexity index is 546. The van der Waals surface area contributed by atoms with E-state index >= 15 is 0 Å². The van der Waals surface area contributed by atoms with Crippen LogP contribution >= 0.6 is 0 Å². The maximum atomic E-state index is 11.8. The van der Waals surface area contributed by atoms with E-state index in [1.54, 1.807) is 24.5 Å². The Hall–Kier alpha value is -2.63. The summed E-state index contributed by atoms with van der Waals surface area (Å²) in [6.45, 7) is 0.396. The lowest BCUT2D eigenvalue weighted by Crippen LogP contribution is -2.22. The molecule has 1 aromatic carbocycles. The standard InChI is InChI=1S/C12H12N4O2/c13-11(17)9-1-3-10(4-2-9)12(18)14-5-8-6-15-16-7-8/h1-4,6-7H,5H2,(H2,13,17)(H,14,18)(H,15,16). The number of nitrogens with zero attached hydrogens (tertiary/aromatic N) is 1. The summed E-state index contributed by atoms with van der Waals surface area (Å²) >= 11 is 0. The molecule has 92 valence electrons. The zero-order chi connectivity index (χ0) is 13.0. The maximum Gasteiger partial charge on any atom is 0.251 e. The van der Waals surface area contributed by atoms with Crippen LogP contribution in [-0.2, 0) is 6.54 Å². The van der Waals surface area contributed by atoms with Gasteiger partial charge in [0.05, 0.1) is 6.20 Å². The minimum absolute atomic E-state index is 0.216. The average molecular weight is 244 g/mol. The summed E-state index contributed by atoms with van der Waals surface area (Å²) in [5, 5.41) is 9.17. The van der Waals surface area contributed by atoms with Crippen LogP contribution in [0, 0.1) is 0 Å². The zero-order valence-electron chi connectivity index (χ0n) is 9.51. The number of aromatic nitrogens is 2. The van der Waals surface area contributed by atoms with Crippen molar-refractivity contribution in [1.29, 1.82) is 0 Å². The lowest BCUT2D eigenvalue weighted by Gasteiger charge is -2.04. The number of aromatic amines is 1. The lowest BCUT2D eigenvalue weighted by molar-refractivity contribution is 0.0948. The third kappa shape index (κ3) is 2.73. The second-order valence-electron chi connectivity index (χ2n) is 3.73. The molecule has 2 amide bonds. The van der Waals surface area contributed by atoms with Gasteiger partial charge in [-0.25, -0.2) is 0 Å². The molecule has 1 heterocycles. The predicted molar refractivity (Wildman–Crippen MR) is 64.7 cm³/mol. The highest BCUT2D eigenvalue weighted by Crippen LogP contribution is 2.04. The third-order valence-corrected chi connectivity index (χ3v) is 2.44. The maximum absolute atomic E-state index is 11.8. The summed E-state index contributed by atoms with van der Waals surface area (Å²) in [5.41, 5.74) is 6.85. The van der Waals surface area contributed by atoms with E-state index < -0.39 is 5.91 Å². The van der Waals surface area contributed by atoms with Crippen LogP contribution in [0.3, 0.4) is 0 Å². The minimum atomic E-state index is -0.514. The van der Waals surface area contributed by atoms with Crippen molar-refractivity contribution >= 4 is 11.8 Å². The van der Waals surface area contributed by atoms with Gasteiger partial charge in [0.15, 0.2) is 0 Å². The smallest absolute Gasteiger partial charge is 0.251 e. The van der Waals surface area contributed by atoms with Crippen LogP contribution in [0.2, 0.25) is 0 Å². The zero-order valence-corrected chi connectivity index (χ0v) is 9.51. The van der Waals surface area contributed by atoms with Gasteiger partial charge < -0.3 is 11.1 Å². The molecule has 0 aliphatic heterocycles. The fraction of sp³-hybridized carbons (Fsp3) is 0.0833. The van der Waals surface area contributed by atoms with E-state index in [9.17, 15) is 9.59 Å². The highest BCUT2D eigenvalue weighted by Gasteiger charge is 2.06. The summed E-state index contributed by atoms with van der Waals surface area (Å²) in [6, 6.07) is 6.17. The number of rotatable bonds is 4. The molecule has 0 bridgehead atoms. The molecule has 0 fully saturated rings. The molecule has 6 nitrogen and oxygen atoms in total. The first-order valence-electron chi connectivity index (χ1n) is 5.32. The second-order valence-corrected chi connectivity index (χ2v) is 3.73. The van der Waals surface area contributed by atoms with E-state index in [-0.39, 0.29) is 5.91 Å². The number of benzene rings is 1. The second kappa shape index (κ2) is 5.13. The molecule has 0 spiro atoms. The number of nitrogens with one attached hydrogen (secondary N) is 2. The number of carbonyl (C=O) groups excluding carboxylic acids is 2. The van der Waals surface area contributed by atoms with Crippen LogP contribution in [0.15, 0.2) is 36.7 Å². The van der Waals surface area contributed by atoms with Crippen molar-refractivity contribution in [3.05, 3.63) is 53.3 Å². The Labute approximate surface area is 103 Å². The third-order valence-electron chi connectivity index (χ3n) is 2.44. The lowest BCUT2D eigenvalue weighted by atomic mass is 10.1. The Balaban J connectivity index is 1.98. The molecule has 0 saturated heterocycles. The van der Waals surface area contributed by atoms with E-state index in [4.69, 9.17) is 5.73 Å². The average Bonchev–Trinajstić information content (AvgIpc) is 2.89. The number of carbonyl (C=O) groups is 2. The highest BCUT2D eigenvalue weighted by molar-refractivity contribution is 5.97. The van der Waals surface area contributed by atoms with Gasteiger partial charge in [0, 0.05) is 29.4 Å². The van der Waals surface area contributed by atoms with Gasteiger partial charge in [0.2, 0.25) is 5.91 Å². The van der Waals surface area contributed by atoms with E-state index in [0.717, 1.165) is 5.56 Å². The van der Waals surface area contributed by atoms with Gasteiger partial charge in [0.25, 0.3) is 5.91 Å².